The number of nitrogens with zero attached hydrogens (tertiary/aromatic N) is 2. The first-order valence-electron chi connectivity index (χ1n) is 9.40. The first-order chi connectivity index (χ1) is 12.4. The molecular weight excluding hydrogens is 366 g/mol. The molecule has 1 atom stereocenters. The van der Waals surface area contributed by atoms with Crippen molar-refractivity contribution in [3.63, 3.8) is 0 Å². The standard InChI is InChI=1S/C19H27N3O2S2/c1-5-10-20-16(23)13(4)26-19-21-17-15(11(2)12(3)25-17)18(24)22(19)14-8-6-7-9-14/h13-14H,5-10H2,1-4H3,(H,20,23). The van der Waals surface area contributed by atoms with E-state index in [1.807, 2.05) is 32.3 Å². The van der Waals surface area contributed by atoms with Crippen LogP contribution >= 0.6 is 23.1 Å². The largest absolute Gasteiger partial charge is 0.355 e. The van der Waals surface area contributed by atoms with Crippen LogP contribution in [0.4, 0.5) is 0 Å². The van der Waals surface area contributed by atoms with E-state index in [0.717, 1.165) is 52.8 Å². The van der Waals surface area contributed by atoms with Gasteiger partial charge >= 0.3 is 0 Å². The summed E-state index contributed by atoms with van der Waals surface area (Å²) in [5, 5.41) is 4.10. The Balaban J connectivity index is 2.03. The van der Waals surface area contributed by atoms with E-state index in [1.54, 1.807) is 11.3 Å². The second-order valence-electron chi connectivity index (χ2n) is 7.02. The van der Waals surface area contributed by atoms with E-state index in [9.17, 15) is 9.59 Å². The Labute approximate surface area is 162 Å². The minimum atomic E-state index is -0.277. The summed E-state index contributed by atoms with van der Waals surface area (Å²) in [6.45, 7) is 8.64. The van der Waals surface area contributed by atoms with E-state index in [0.29, 0.717) is 11.7 Å². The Morgan fingerprint density at radius 3 is 2.73 bits per heavy atom. The van der Waals surface area contributed by atoms with Gasteiger partial charge in [-0.3, -0.25) is 14.2 Å². The zero-order valence-electron chi connectivity index (χ0n) is 15.9. The van der Waals surface area contributed by atoms with Crippen molar-refractivity contribution in [2.24, 2.45) is 0 Å². The molecule has 26 heavy (non-hydrogen) atoms. The molecule has 0 aliphatic heterocycles. The lowest BCUT2D eigenvalue weighted by molar-refractivity contribution is -0.120. The van der Waals surface area contributed by atoms with E-state index in [2.05, 4.69) is 5.32 Å². The molecule has 2 aromatic rings. The third-order valence-electron chi connectivity index (χ3n) is 5.09. The van der Waals surface area contributed by atoms with Gasteiger partial charge in [0.2, 0.25) is 5.91 Å². The van der Waals surface area contributed by atoms with Crippen molar-refractivity contribution in [2.45, 2.75) is 76.2 Å². The van der Waals surface area contributed by atoms with Crippen LogP contribution in [0, 0.1) is 13.8 Å². The predicted octanol–water partition coefficient (Wildman–Crippen LogP) is 4.20. The number of carbonyl (C=O) groups is 1. The Kier molecular flexibility index (Phi) is 6.07. The molecule has 1 aliphatic carbocycles. The fourth-order valence-corrected chi connectivity index (χ4v) is 5.53. The number of hydrogen-bond donors (Lipinski definition) is 1. The second-order valence-corrected chi connectivity index (χ2v) is 9.53. The van der Waals surface area contributed by atoms with Gasteiger partial charge in [0.05, 0.1) is 10.6 Å². The van der Waals surface area contributed by atoms with Crippen LogP contribution in [0.25, 0.3) is 10.2 Å². The molecule has 142 valence electrons. The molecule has 5 nitrogen and oxygen atoms in total. The number of aromatic nitrogens is 2. The summed E-state index contributed by atoms with van der Waals surface area (Å²) >= 11 is 2.98. The number of fused-ring (bicyclic) bond motifs is 1. The maximum atomic E-state index is 13.3. The molecule has 0 radical (unpaired) electrons. The molecule has 2 aromatic heterocycles. The molecule has 1 aliphatic rings. The van der Waals surface area contributed by atoms with Crippen molar-refractivity contribution < 1.29 is 4.79 Å². The molecule has 0 aromatic carbocycles. The average molecular weight is 394 g/mol. The molecule has 2 heterocycles. The molecule has 0 saturated heterocycles. The molecule has 3 rings (SSSR count). The van der Waals surface area contributed by atoms with E-state index in [-0.39, 0.29) is 22.8 Å². The summed E-state index contributed by atoms with van der Waals surface area (Å²) in [7, 11) is 0. The van der Waals surface area contributed by atoms with Crippen LogP contribution in [0.15, 0.2) is 9.95 Å². The highest BCUT2D eigenvalue weighted by Gasteiger charge is 2.26. The normalized spacial score (nSPS) is 16.3. The van der Waals surface area contributed by atoms with E-state index in [4.69, 9.17) is 4.98 Å². The number of carbonyl (C=O) groups excluding carboxylic acids is 1. The van der Waals surface area contributed by atoms with Crippen LogP contribution in [0.1, 0.15) is 62.4 Å². The smallest absolute Gasteiger partial charge is 0.263 e. The van der Waals surface area contributed by atoms with Crippen molar-refractivity contribution in [2.75, 3.05) is 6.54 Å². The summed E-state index contributed by atoms with van der Waals surface area (Å²) < 4.78 is 1.88. The molecule has 1 amide bonds. The van der Waals surface area contributed by atoms with Crippen LogP contribution in [0.2, 0.25) is 0 Å². The summed E-state index contributed by atoms with van der Waals surface area (Å²) in [6, 6.07) is 0.201. The van der Waals surface area contributed by atoms with E-state index < -0.39 is 0 Å². The third-order valence-corrected chi connectivity index (χ3v) is 7.26. The zero-order chi connectivity index (χ0) is 18.8. The zero-order valence-corrected chi connectivity index (χ0v) is 17.6. The molecule has 7 heteroatoms. The first-order valence-corrected chi connectivity index (χ1v) is 11.1. The van der Waals surface area contributed by atoms with Crippen molar-refractivity contribution in [1.82, 2.24) is 14.9 Å². The number of thiophene rings is 1. The maximum absolute atomic E-state index is 13.3. The van der Waals surface area contributed by atoms with Gasteiger partial charge in [-0.2, -0.15) is 0 Å². The monoisotopic (exact) mass is 393 g/mol. The van der Waals surface area contributed by atoms with E-state index in [1.165, 1.54) is 11.8 Å². The van der Waals surface area contributed by atoms with Gasteiger partial charge in [-0.25, -0.2) is 4.98 Å². The molecule has 0 spiro atoms. The minimum absolute atomic E-state index is 0.00251. The fourth-order valence-electron chi connectivity index (χ4n) is 3.46. The van der Waals surface area contributed by atoms with Crippen LogP contribution < -0.4 is 10.9 Å². The van der Waals surface area contributed by atoms with Gasteiger partial charge in [0.1, 0.15) is 4.83 Å². The first kappa shape index (κ1) is 19.4. The third kappa shape index (κ3) is 3.69. The van der Waals surface area contributed by atoms with Gasteiger partial charge in [-0.15, -0.1) is 11.3 Å². The molecule has 1 unspecified atom stereocenters. The number of nitrogens with one attached hydrogen (secondary N) is 1. The molecule has 1 fully saturated rings. The Morgan fingerprint density at radius 2 is 2.08 bits per heavy atom. The van der Waals surface area contributed by atoms with Crippen molar-refractivity contribution >= 4 is 39.2 Å². The Hall–Kier alpha value is -1.34. The molecule has 0 bridgehead atoms. The van der Waals surface area contributed by atoms with Crippen LogP contribution in [0.5, 0.6) is 0 Å². The second kappa shape index (κ2) is 8.13. The van der Waals surface area contributed by atoms with Crippen LogP contribution in [0.3, 0.4) is 0 Å². The molecule has 1 N–H and O–H groups in total. The van der Waals surface area contributed by atoms with Crippen molar-refractivity contribution in [3.8, 4) is 0 Å². The lowest BCUT2D eigenvalue weighted by Gasteiger charge is -2.20. The minimum Gasteiger partial charge on any atom is -0.355 e. The van der Waals surface area contributed by atoms with Crippen LogP contribution in [-0.2, 0) is 4.79 Å². The lowest BCUT2D eigenvalue weighted by atomic mass is 10.2. The summed E-state index contributed by atoms with van der Waals surface area (Å²) in [5.74, 6) is 0.00251. The summed E-state index contributed by atoms with van der Waals surface area (Å²) in [6.07, 6.45) is 5.23. The number of rotatable bonds is 6. The number of hydrogen-bond acceptors (Lipinski definition) is 5. The van der Waals surface area contributed by atoms with Gasteiger partial charge in [-0.1, -0.05) is 31.5 Å². The summed E-state index contributed by atoms with van der Waals surface area (Å²) in [4.78, 5) is 32.4. The Morgan fingerprint density at radius 1 is 1.38 bits per heavy atom. The van der Waals surface area contributed by atoms with Gasteiger partial charge in [0.25, 0.3) is 5.56 Å². The van der Waals surface area contributed by atoms with Crippen molar-refractivity contribution in [1.29, 1.82) is 0 Å². The number of thioether (sulfide) groups is 1. The number of amides is 1. The molecular formula is C19H27N3O2S2. The van der Waals surface area contributed by atoms with Gasteiger partial charge in [0, 0.05) is 17.5 Å². The predicted molar refractivity (Wildman–Crippen MR) is 109 cm³/mol. The summed E-state index contributed by atoms with van der Waals surface area (Å²) in [5.41, 5.74) is 1.10. The van der Waals surface area contributed by atoms with E-state index >= 15 is 0 Å². The lowest BCUT2D eigenvalue weighted by Crippen LogP contribution is -2.33. The van der Waals surface area contributed by atoms with Gasteiger partial charge in [0.15, 0.2) is 5.16 Å². The average Bonchev–Trinajstić information content (AvgIpc) is 3.21. The highest BCUT2D eigenvalue weighted by atomic mass is 32.2. The quantitative estimate of drug-likeness (QED) is 0.590. The topological polar surface area (TPSA) is 64.0 Å². The molecule has 1 saturated carbocycles. The highest BCUT2D eigenvalue weighted by Crippen LogP contribution is 2.35. The van der Waals surface area contributed by atoms with Crippen LogP contribution in [-0.4, -0.2) is 27.3 Å². The maximum Gasteiger partial charge on any atom is 0.263 e. The SMILES string of the molecule is CCCNC(=O)C(C)Sc1nc2sc(C)c(C)c2c(=O)n1C1CCCC1. The van der Waals surface area contributed by atoms with Crippen molar-refractivity contribution in [3.05, 3.63) is 20.8 Å². The van der Waals surface area contributed by atoms with Gasteiger partial charge < -0.3 is 5.32 Å². The number of aryl methyl sites for hydroxylation is 2. The Bertz CT molecular complexity index is 866. The highest BCUT2D eigenvalue weighted by molar-refractivity contribution is 8.00. The fraction of sp³-hybridized carbons (Fsp3) is 0.632. The van der Waals surface area contributed by atoms with Gasteiger partial charge in [-0.05, 0) is 45.6 Å².